The number of nitrogens with one attached hydrogen (secondary N) is 1. The summed E-state index contributed by atoms with van der Waals surface area (Å²) in [6.07, 6.45) is -0.554. The maximum absolute atomic E-state index is 13.4. The highest BCUT2D eigenvalue weighted by atomic mass is 32.2. The smallest absolute Gasteiger partial charge is 0.331 e. The van der Waals surface area contributed by atoms with Crippen LogP contribution in [0.4, 0.5) is 0 Å². The van der Waals surface area contributed by atoms with Crippen LogP contribution >= 0.6 is 24.0 Å². The van der Waals surface area contributed by atoms with E-state index in [1.165, 1.54) is 0 Å². The molecule has 0 aliphatic carbocycles. The monoisotopic (exact) mass is 441 g/mol. The predicted molar refractivity (Wildman–Crippen MR) is 121 cm³/mol. The molecule has 0 bridgehead atoms. The van der Waals surface area contributed by atoms with Crippen LogP contribution in [0, 0.1) is 0 Å². The van der Waals surface area contributed by atoms with Gasteiger partial charge in [-0.2, -0.15) is 0 Å². The number of ether oxygens (including phenoxy) is 1. The van der Waals surface area contributed by atoms with E-state index in [1.807, 2.05) is 74.5 Å². The molecule has 2 fully saturated rings. The first-order chi connectivity index (χ1) is 14.3. The van der Waals surface area contributed by atoms with Gasteiger partial charge in [-0.1, -0.05) is 60.7 Å². The number of nitrogens with two attached hydrogens (primary N) is 1. The maximum Gasteiger partial charge on any atom is 0.331 e. The van der Waals surface area contributed by atoms with Crippen molar-refractivity contribution in [1.82, 2.24) is 10.2 Å². The molecule has 0 aromatic heterocycles. The Labute approximate surface area is 185 Å². The molecule has 1 amide bonds. The van der Waals surface area contributed by atoms with E-state index in [4.69, 9.17) is 22.7 Å². The van der Waals surface area contributed by atoms with Crippen molar-refractivity contribution in [3.05, 3.63) is 71.8 Å². The van der Waals surface area contributed by atoms with Crippen molar-refractivity contribution in [1.29, 1.82) is 0 Å². The van der Waals surface area contributed by atoms with Gasteiger partial charge in [0.1, 0.15) is 17.5 Å². The fourth-order valence-corrected chi connectivity index (χ4v) is 5.79. The summed E-state index contributed by atoms with van der Waals surface area (Å²) in [4.78, 5) is 27.7. The van der Waals surface area contributed by atoms with E-state index in [9.17, 15) is 9.59 Å². The summed E-state index contributed by atoms with van der Waals surface area (Å²) in [7, 11) is 0. The molecule has 0 saturated carbocycles. The molecule has 6 nitrogen and oxygen atoms in total. The molecule has 8 heteroatoms. The molecule has 2 heterocycles. The van der Waals surface area contributed by atoms with E-state index in [0.29, 0.717) is 0 Å². The lowest BCUT2D eigenvalue weighted by Gasteiger charge is -2.44. The highest BCUT2D eigenvalue weighted by Crippen LogP contribution is 2.51. The van der Waals surface area contributed by atoms with Crippen molar-refractivity contribution >= 4 is 41.0 Å². The van der Waals surface area contributed by atoms with Gasteiger partial charge in [0, 0.05) is 4.75 Å². The van der Waals surface area contributed by atoms with Crippen LogP contribution in [0.3, 0.4) is 0 Å². The van der Waals surface area contributed by atoms with Gasteiger partial charge in [-0.05, 0) is 37.2 Å². The summed E-state index contributed by atoms with van der Waals surface area (Å²) in [5, 5.41) is 2.70. The largest absolute Gasteiger partial charge is 0.451 e. The van der Waals surface area contributed by atoms with Gasteiger partial charge in [-0.25, -0.2) is 4.79 Å². The molecule has 0 radical (unpaired) electrons. The minimum atomic E-state index is -0.695. The fraction of sp³-hybridized carbons (Fsp3) is 0.318. The number of hydrogen-bond acceptors (Lipinski definition) is 5. The van der Waals surface area contributed by atoms with Gasteiger partial charge in [0.15, 0.2) is 11.2 Å². The number of β-lactam (4-membered cyclic amide) rings is 1. The topological polar surface area (TPSA) is 84.7 Å². The molecule has 156 valence electrons. The molecule has 3 atom stereocenters. The van der Waals surface area contributed by atoms with Gasteiger partial charge in [-0.3, -0.25) is 4.79 Å². The normalized spacial score (nSPS) is 24.2. The molecule has 2 aliphatic rings. The average molecular weight is 442 g/mol. The number of amides is 1. The number of thiocarbonyl (C=S) groups is 1. The third-order valence-electron chi connectivity index (χ3n) is 5.40. The minimum absolute atomic E-state index is 0.0747. The highest BCUT2D eigenvalue weighted by molar-refractivity contribution is 8.01. The zero-order chi connectivity index (χ0) is 21.5. The molecular formula is C22H23N3O3S2. The summed E-state index contributed by atoms with van der Waals surface area (Å²) < 4.78 is 5.53. The summed E-state index contributed by atoms with van der Waals surface area (Å²) in [6.45, 7) is 3.90. The van der Waals surface area contributed by atoms with Gasteiger partial charge >= 0.3 is 5.97 Å². The van der Waals surface area contributed by atoms with Crippen LogP contribution < -0.4 is 11.1 Å². The van der Waals surface area contributed by atoms with Crippen LogP contribution in [0.15, 0.2) is 60.7 Å². The Morgan fingerprint density at radius 1 is 1.13 bits per heavy atom. The molecule has 2 aromatic carbocycles. The maximum atomic E-state index is 13.4. The third kappa shape index (κ3) is 3.65. The molecule has 30 heavy (non-hydrogen) atoms. The fourth-order valence-electron chi connectivity index (χ4n) is 4.04. The molecule has 4 rings (SSSR count). The van der Waals surface area contributed by atoms with Crippen LogP contribution in [-0.4, -0.2) is 44.1 Å². The van der Waals surface area contributed by atoms with Crippen molar-refractivity contribution in [2.75, 3.05) is 0 Å². The van der Waals surface area contributed by atoms with Crippen LogP contribution in [0.1, 0.15) is 31.1 Å². The van der Waals surface area contributed by atoms with Crippen molar-refractivity contribution in [3.8, 4) is 0 Å². The quantitative estimate of drug-likeness (QED) is 0.419. The van der Waals surface area contributed by atoms with Crippen molar-refractivity contribution < 1.29 is 14.3 Å². The molecule has 2 saturated heterocycles. The van der Waals surface area contributed by atoms with Crippen molar-refractivity contribution in [2.45, 2.75) is 42.2 Å². The molecule has 2 aromatic rings. The molecule has 2 aliphatic heterocycles. The Hall–Kier alpha value is -2.58. The summed E-state index contributed by atoms with van der Waals surface area (Å²) in [6, 6.07) is 18.0. The predicted octanol–water partition coefficient (Wildman–Crippen LogP) is 2.58. The lowest BCUT2D eigenvalue weighted by atomic mass is 9.95. The van der Waals surface area contributed by atoms with Crippen molar-refractivity contribution in [3.63, 3.8) is 0 Å². The Balaban J connectivity index is 1.60. The second-order valence-electron chi connectivity index (χ2n) is 7.88. The number of fused-ring (bicyclic) bond motifs is 1. The van der Waals surface area contributed by atoms with Crippen molar-refractivity contribution in [2.24, 2.45) is 5.73 Å². The van der Waals surface area contributed by atoms with Crippen LogP contribution in [0.2, 0.25) is 0 Å². The molecule has 3 unspecified atom stereocenters. The van der Waals surface area contributed by atoms with E-state index in [2.05, 4.69) is 5.32 Å². The van der Waals surface area contributed by atoms with Gasteiger partial charge < -0.3 is 20.7 Å². The lowest BCUT2D eigenvalue weighted by Crippen LogP contribution is -2.71. The lowest BCUT2D eigenvalue weighted by molar-refractivity contribution is -0.165. The zero-order valence-electron chi connectivity index (χ0n) is 16.6. The number of thioether (sulfide) groups is 1. The van der Waals surface area contributed by atoms with Gasteiger partial charge in [0.05, 0.1) is 0 Å². The average Bonchev–Trinajstić information content (AvgIpc) is 2.99. The van der Waals surface area contributed by atoms with Crippen LogP contribution in [-0.2, 0) is 14.3 Å². The van der Waals surface area contributed by atoms with E-state index < -0.39 is 28.9 Å². The summed E-state index contributed by atoms with van der Waals surface area (Å²) in [5.41, 5.74) is 7.30. The number of carbonyl (C=O) groups is 2. The van der Waals surface area contributed by atoms with Gasteiger partial charge in [0.25, 0.3) is 0 Å². The number of nitrogens with zero attached hydrogens (tertiary/aromatic N) is 1. The van der Waals surface area contributed by atoms with E-state index in [0.717, 1.165) is 11.1 Å². The molecule has 0 spiro atoms. The minimum Gasteiger partial charge on any atom is -0.451 e. The highest BCUT2D eigenvalue weighted by Gasteiger charge is 2.64. The van der Waals surface area contributed by atoms with Crippen LogP contribution in [0.25, 0.3) is 0 Å². The SMILES string of the molecule is CC1(C)SC2C(NC(N)=S)C(=O)N2C1C(=O)OC(c1ccccc1)c1ccccc1. The Morgan fingerprint density at radius 3 is 2.17 bits per heavy atom. The standard InChI is InChI=1S/C22H23N3O3S2/c1-22(2)17(25-18(26)15(19(25)30-22)24-21(23)29)20(27)28-16(13-9-5-3-6-10-13)14-11-7-4-8-12-14/h3-12,15-17,19H,1-2H3,(H3,23,24,29). The zero-order valence-corrected chi connectivity index (χ0v) is 18.3. The first-order valence-corrected chi connectivity index (χ1v) is 10.9. The number of benzene rings is 2. The second-order valence-corrected chi connectivity index (χ2v) is 10.1. The van der Waals surface area contributed by atoms with Gasteiger partial charge in [-0.15, -0.1) is 11.8 Å². The van der Waals surface area contributed by atoms with E-state index >= 15 is 0 Å². The molecular weight excluding hydrogens is 418 g/mol. The number of rotatable bonds is 5. The summed E-state index contributed by atoms with van der Waals surface area (Å²) >= 11 is 6.44. The Morgan fingerprint density at radius 2 is 1.67 bits per heavy atom. The Kier molecular flexibility index (Phi) is 5.46. The number of esters is 1. The number of hydrogen-bond donors (Lipinski definition) is 2. The third-order valence-corrected chi connectivity index (χ3v) is 7.09. The van der Waals surface area contributed by atoms with Gasteiger partial charge in [0.2, 0.25) is 5.91 Å². The summed E-state index contributed by atoms with van der Waals surface area (Å²) in [5.74, 6) is -0.612. The van der Waals surface area contributed by atoms with E-state index in [1.54, 1.807) is 16.7 Å². The first kappa shape index (κ1) is 20.7. The Bertz CT molecular complexity index is 929. The first-order valence-electron chi connectivity index (χ1n) is 9.66. The van der Waals surface area contributed by atoms with Crippen LogP contribution in [0.5, 0.6) is 0 Å². The number of carbonyl (C=O) groups excluding carboxylic acids is 2. The second kappa shape index (κ2) is 7.92. The van der Waals surface area contributed by atoms with E-state index in [-0.39, 0.29) is 16.4 Å². The molecule has 3 N–H and O–H groups in total.